The Labute approximate surface area is 169 Å². The molecule has 2 aromatic heterocycles. The first-order chi connectivity index (χ1) is 12.8. The standard InChI is InChI=1S/C17H18N4S.2C2H6.B/c1-2-21-9-14(15-16(18)19-10-20-17(15)21)22-13-8-7-11-5-3-4-6-12(11)13;2*1-2;/h3-6,8-12H,2,7H2,1H3,(H2,18,19,20);2*1-2H3;. The minimum Gasteiger partial charge on any atom is -0.383 e. The van der Waals surface area contributed by atoms with Crippen LogP contribution in [0.1, 0.15) is 41.0 Å². The van der Waals surface area contributed by atoms with Gasteiger partial charge in [0.1, 0.15) is 17.8 Å². The number of anilines is 1. The van der Waals surface area contributed by atoms with Crippen molar-refractivity contribution < 1.29 is 0 Å². The van der Waals surface area contributed by atoms with Crippen molar-refractivity contribution in [2.75, 3.05) is 5.73 Å². The van der Waals surface area contributed by atoms with E-state index in [9.17, 15) is 0 Å². The Hall–Kier alpha value is -1.95. The zero-order chi connectivity index (χ0) is 19.1. The molecule has 2 heterocycles. The zero-order valence-corrected chi connectivity index (χ0v) is 17.8. The summed E-state index contributed by atoms with van der Waals surface area (Å²) in [5.41, 5.74) is 7.03. The Kier molecular flexibility index (Phi) is 9.43. The summed E-state index contributed by atoms with van der Waals surface area (Å²) in [4.78, 5) is 11.1. The van der Waals surface area contributed by atoms with Crippen LogP contribution in [0.2, 0.25) is 0 Å². The minimum absolute atomic E-state index is 0. The molecule has 3 radical (unpaired) electrons. The lowest BCUT2D eigenvalue weighted by Crippen LogP contribution is -2.07. The number of nitrogens with two attached hydrogens (primary N) is 1. The van der Waals surface area contributed by atoms with Gasteiger partial charge in [0.2, 0.25) is 0 Å². The molecule has 143 valence electrons. The highest BCUT2D eigenvalue weighted by atomic mass is 32.2. The van der Waals surface area contributed by atoms with E-state index in [1.165, 1.54) is 11.2 Å². The van der Waals surface area contributed by atoms with Crippen molar-refractivity contribution in [2.24, 2.45) is 11.8 Å². The molecule has 2 aliphatic rings. The summed E-state index contributed by atoms with van der Waals surface area (Å²) >= 11 is 1.81. The number of nitrogen functional groups attached to an aromatic ring is 1. The number of thioether (sulfide) groups is 1. The monoisotopic (exact) mass is 381 g/mol. The van der Waals surface area contributed by atoms with Crippen LogP contribution in [0.5, 0.6) is 0 Å². The van der Waals surface area contributed by atoms with Crippen LogP contribution in [0.15, 0.2) is 52.7 Å². The van der Waals surface area contributed by atoms with Gasteiger partial charge in [0.05, 0.1) is 5.39 Å². The number of nitrogens with zero attached hydrogens (tertiary/aromatic N) is 3. The first-order valence-corrected chi connectivity index (χ1v) is 10.4. The number of aromatic nitrogens is 3. The highest BCUT2D eigenvalue weighted by molar-refractivity contribution is 8.03. The van der Waals surface area contributed by atoms with Crippen molar-refractivity contribution in [3.8, 4) is 0 Å². The molecule has 4 rings (SSSR count). The third kappa shape index (κ3) is 4.67. The molecule has 6 heteroatoms. The first kappa shape index (κ1) is 23.1. The van der Waals surface area contributed by atoms with Crippen LogP contribution >= 0.6 is 11.8 Å². The average molecular weight is 381 g/mol. The van der Waals surface area contributed by atoms with Gasteiger partial charge < -0.3 is 10.3 Å². The van der Waals surface area contributed by atoms with Crippen molar-refractivity contribution in [1.82, 2.24) is 14.5 Å². The van der Waals surface area contributed by atoms with E-state index in [1.807, 2.05) is 39.5 Å². The number of allylic oxidation sites excluding steroid dienone is 6. The fourth-order valence-corrected chi connectivity index (χ4v) is 4.54. The Morgan fingerprint density at radius 3 is 2.56 bits per heavy atom. The smallest absolute Gasteiger partial charge is 0.146 e. The molecule has 2 atom stereocenters. The summed E-state index contributed by atoms with van der Waals surface area (Å²) < 4.78 is 2.14. The molecular weight excluding hydrogens is 351 g/mol. The summed E-state index contributed by atoms with van der Waals surface area (Å²) in [6, 6.07) is 0. The Bertz CT molecular complexity index is 823. The molecule has 0 spiro atoms. The van der Waals surface area contributed by atoms with Gasteiger partial charge in [0, 0.05) is 32.0 Å². The molecular formula is C21H30BN4S. The maximum atomic E-state index is 6.11. The van der Waals surface area contributed by atoms with Gasteiger partial charge in [-0.1, -0.05) is 69.8 Å². The van der Waals surface area contributed by atoms with Crippen LogP contribution in [0, 0.1) is 11.8 Å². The molecule has 2 aromatic rings. The van der Waals surface area contributed by atoms with Crippen molar-refractivity contribution in [3.63, 3.8) is 0 Å². The maximum absolute atomic E-state index is 6.11. The van der Waals surface area contributed by atoms with Crippen molar-refractivity contribution in [1.29, 1.82) is 0 Å². The molecule has 2 N–H and O–H groups in total. The lowest BCUT2D eigenvalue weighted by atomic mass is 9.91. The van der Waals surface area contributed by atoms with Crippen molar-refractivity contribution in [2.45, 2.75) is 52.5 Å². The minimum atomic E-state index is 0. The lowest BCUT2D eigenvalue weighted by molar-refractivity contribution is 0.592. The van der Waals surface area contributed by atoms with Crippen LogP contribution in [0.25, 0.3) is 11.0 Å². The quantitative estimate of drug-likeness (QED) is 0.719. The number of hydrogen-bond acceptors (Lipinski definition) is 4. The van der Waals surface area contributed by atoms with Gasteiger partial charge in [-0.05, 0) is 24.2 Å². The molecule has 27 heavy (non-hydrogen) atoms. The summed E-state index contributed by atoms with van der Waals surface area (Å²) in [5, 5.41) is 0.981. The topological polar surface area (TPSA) is 56.7 Å². The van der Waals surface area contributed by atoms with Gasteiger partial charge in [0.15, 0.2) is 0 Å². The molecule has 0 amide bonds. The molecule has 0 aromatic carbocycles. The fraction of sp³-hybridized carbons (Fsp3) is 0.429. The number of rotatable bonds is 3. The molecule has 0 saturated heterocycles. The van der Waals surface area contributed by atoms with Gasteiger partial charge in [-0.25, -0.2) is 9.97 Å². The van der Waals surface area contributed by atoms with Gasteiger partial charge in [0.25, 0.3) is 0 Å². The summed E-state index contributed by atoms with van der Waals surface area (Å²) in [6.45, 7) is 11.0. The number of hydrogen-bond donors (Lipinski definition) is 1. The number of aryl methyl sites for hydroxylation is 1. The van der Waals surface area contributed by atoms with Gasteiger partial charge in [-0.2, -0.15) is 0 Å². The molecule has 0 fully saturated rings. The van der Waals surface area contributed by atoms with E-state index >= 15 is 0 Å². The molecule has 0 aliphatic heterocycles. The molecule has 0 saturated carbocycles. The second-order valence-corrected chi connectivity index (χ2v) is 6.76. The van der Waals surface area contributed by atoms with Crippen molar-refractivity contribution in [3.05, 3.63) is 47.8 Å². The number of fused-ring (bicyclic) bond motifs is 2. The maximum Gasteiger partial charge on any atom is 0.146 e. The van der Waals surface area contributed by atoms with Crippen LogP contribution in [-0.4, -0.2) is 22.9 Å². The van der Waals surface area contributed by atoms with Crippen LogP contribution in [-0.2, 0) is 6.54 Å². The average Bonchev–Trinajstić information content (AvgIpc) is 3.28. The Balaban J connectivity index is 0.000000686. The Morgan fingerprint density at radius 1 is 1.15 bits per heavy atom. The second kappa shape index (κ2) is 11.0. The van der Waals surface area contributed by atoms with E-state index in [0.29, 0.717) is 17.7 Å². The van der Waals surface area contributed by atoms with E-state index < -0.39 is 0 Å². The van der Waals surface area contributed by atoms with E-state index in [4.69, 9.17) is 5.73 Å². The van der Waals surface area contributed by atoms with Crippen LogP contribution < -0.4 is 5.73 Å². The Morgan fingerprint density at radius 2 is 1.85 bits per heavy atom. The van der Waals surface area contributed by atoms with E-state index in [-0.39, 0.29) is 8.41 Å². The zero-order valence-electron chi connectivity index (χ0n) is 17.0. The summed E-state index contributed by atoms with van der Waals surface area (Å²) in [5.74, 6) is 1.68. The van der Waals surface area contributed by atoms with E-state index in [0.717, 1.165) is 28.9 Å². The summed E-state index contributed by atoms with van der Waals surface area (Å²) in [6.07, 6.45) is 16.1. The van der Waals surface area contributed by atoms with Gasteiger partial charge in [-0.3, -0.25) is 0 Å². The van der Waals surface area contributed by atoms with Gasteiger partial charge in [-0.15, -0.1) is 0 Å². The fourth-order valence-electron chi connectivity index (χ4n) is 3.24. The SMILES string of the molecule is CC.CC.CCn1cc(SC2=CCC3C=CC=CC23)c2c(N)ncnc21.[B]. The first-order valence-electron chi connectivity index (χ1n) is 9.60. The van der Waals surface area contributed by atoms with Crippen LogP contribution in [0.4, 0.5) is 5.82 Å². The van der Waals surface area contributed by atoms with Gasteiger partial charge >= 0.3 is 0 Å². The third-order valence-corrected chi connectivity index (χ3v) is 5.59. The third-order valence-electron chi connectivity index (χ3n) is 4.39. The van der Waals surface area contributed by atoms with E-state index in [1.54, 1.807) is 0 Å². The van der Waals surface area contributed by atoms with Crippen LogP contribution in [0.3, 0.4) is 0 Å². The predicted molar refractivity (Wildman–Crippen MR) is 120 cm³/mol. The molecule has 2 aliphatic carbocycles. The largest absolute Gasteiger partial charge is 0.383 e. The molecule has 4 nitrogen and oxygen atoms in total. The molecule has 0 bridgehead atoms. The lowest BCUT2D eigenvalue weighted by Gasteiger charge is -2.18. The predicted octanol–water partition coefficient (Wildman–Crippen LogP) is 5.44. The van der Waals surface area contributed by atoms with E-state index in [2.05, 4.69) is 58.0 Å². The summed E-state index contributed by atoms with van der Waals surface area (Å²) in [7, 11) is 0. The molecule has 2 unspecified atom stereocenters. The normalized spacial score (nSPS) is 19.2. The second-order valence-electron chi connectivity index (χ2n) is 5.64. The van der Waals surface area contributed by atoms with Crippen molar-refractivity contribution >= 4 is 37.0 Å². The highest BCUT2D eigenvalue weighted by Gasteiger charge is 2.28. The highest BCUT2D eigenvalue weighted by Crippen LogP contribution is 2.46.